The monoisotopic (exact) mass is 520 g/mol. The molecule has 200 valence electrons. The van der Waals surface area contributed by atoms with Crippen molar-refractivity contribution in [2.75, 3.05) is 11.9 Å². The number of nitrogens with one attached hydrogen (secondary N) is 4. The maximum Gasteiger partial charge on any atom is 0.319 e. The summed E-state index contributed by atoms with van der Waals surface area (Å²) in [5.74, 6) is 0.267. The van der Waals surface area contributed by atoms with Crippen LogP contribution in [0.15, 0.2) is 29.2 Å². The second-order valence-electron chi connectivity index (χ2n) is 12.1. The molecule has 4 aliphatic carbocycles. The van der Waals surface area contributed by atoms with E-state index in [9.17, 15) is 18.0 Å². The van der Waals surface area contributed by atoms with Crippen molar-refractivity contribution in [1.82, 2.24) is 15.5 Å². The lowest BCUT2D eigenvalue weighted by Crippen LogP contribution is -2.65. The molecule has 3 amide bonds. The minimum atomic E-state index is -3.64. The normalized spacial score (nSPS) is 30.7. The maximum atomic E-state index is 12.9. The van der Waals surface area contributed by atoms with Crippen molar-refractivity contribution in [3.8, 4) is 0 Å². The number of rotatable bonds is 11. The smallest absolute Gasteiger partial charge is 0.319 e. The molecule has 0 aliphatic heterocycles. The van der Waals surface area contributed by atoms with E-state index in [1.54, 1.807) is 17.6 Å². The average Bonchev–Trinajstić information content (AvgIpc) is 2.75. The summed E-state index contributed by atoms with van der Waals surface area (Å²) in [5.41, 5.74) is 2.62. The van der Waals surface area contributed by atoms with Gasteiger partial charge in [0, 0.05) is 24.2 Å². The molecule has 5 rings (SSSR count). The summed E-state index contributed by atoms with van der Waals surface area (Å²) in [4.78, 5) is 24.0. The molecule has 0 heterocycles. The fourth-order valence-electron chi connectivity index (χ4n) is 7.82. The second-order valence-corrected chi connectivity index (χ2v) is 13.9. The van der Waals surface area contributed by atoms with Crippen LogP contribution in [0.5, 0.6) is 0 Å². The van der Waals surface area contributed by atoms with E-state index in [1.165, 1.54) is 31.4 Å². The Morgan fingerprint density at radius 2 is 1.58 bits per heavy atom. The SMILES string of the molecule is CC12CC3CC(C)(C1)CC(NC(=O)Nc1ccc(S(=O)(=O)NCCCCCCC(=O)NO)cc1)(C3)C2. The summed E-state index contributed by atoms with van der Waals surface area (Å²) < 4.78 is 27.7. The number of hydrogen-bond donors (Lipinski definition) is 5. The molecule has 1 aromatic carbocycles. The van der Waals surface area contributed by atoms with Gasteiger partial charge in [0.2, 0.25) is 15.9 Å². The number of unbranched alkanes of at least 4 members (excludes halogenated alkanes) is 3. The maximum absolute atomic E-state index is 12.9. The van der Waals surface area contributed by atoms with Crippen LogP contribution in [0, 0.1) is 16.7 Å². The first-order chi connectivity index (χ1) is 16.9. The molecule has 4 saturated carbocycles. The number of carbonyl (C=O) groups excluding carboxylic acids is 2. The first-order valence-corrected chi connectivity index (χ1v) is 14.5. The van der Waals surface area contributed by atoms with Crippen molar-refractivity contribution < 1.29 is 23.2 Å². The summed E-state index contributed by atoms with van der Waals surface area (Å²) in [5, 5.41) is 14.7. The van der Waals surface area contributed by atoms with E-state index >= 15 is 0 Å². The Hall–Kier alpha value is -2.17. The van der Waals surface area contributed by atoms with E-state index in [2.05, 4.69) is 29.2 Å². The van der Waals surface area contributed by atoms with E-state index in [-0.39, 0.29) is 22.9 Å². The Morgan fingerprint density at radius 3 is 2.19 bits per heavy atom. The van der Waals surface area contributed by atoms with Gasteiger partial charge in [0.15, 0.2) is 0 Å². The van der Waals surface area contributed by atoms with Crippen LogP contribution in [0.3, 0.4) is 0 Å². The Labute approximate surface area is 214 Å². The van der Waals surface area contributed by atoms with Gasteiger partial charge in [0.25, 0.3) is 0 Å². The molecule has 10 heteroatoms. The van der Waals surface area contributed by atoms with Gasteiger partial charge < -0.3 is 10.6 Å². The Bertz CT molecular complexity index is 1060. The molecule has 2 unspecified atom stereocenters. The van der Waals surface area contributed by atoms with Gasteiger partial charge in [-0.2, -0.15) is 0 Å². The minimum absolute atomic E-state index is 0.147. The zero-order valence-electron chi connectivity index (χ0n) is 21.4. The lowest BCUT2D eigenvalue weighted by Gasteiger charge is -2.65. The number of urea groups is 1. The molecule has 0 spiro atoms. The third-order valence-corrected chi connectivity index (χ3v) is 9.65. The molecule has 2 atom stereocenters. The highest BCUT2D eigenvalue weighted by Gasteiger charge is 2.60. The molecule has 1 aromatic rings. The van der Waals surface area contributed by atoms with Crippen LogP contribution in [-0.2, 0) is 14.8 Å². The first kappa shape index (κ1) is 26.9. The average molecular weight is 521 g/mol. The third kappa shape index (κ3) is 6.39. The number of benzene rings is 1. The summed E-state index contributed by atoms with van der Waals surface area (Å²) in [6, 6.07) is 6.00. The van der Waals surface area contributed by atoms with Crippen molar-refractivity contribution in [2.45, 2.75) is 94.9 Å². The molecule has 5 N–H and O–H groups in total. The van der Waals surface area contributed by atoms with Crippen molar-refractivity contribution in [2.24, 2.45) is 16.7 Å². The zero-order chi connectivity index (χ0) is 26.0. The van der Waals surface area contributed by atoms with Gasteiger partial charge in [-0.1, -0.05) is 26.7 Å². The minimum Gasteiger partial charge on any atom is -0.332 e. The van der Waals surface area contributed by atoms with E-state index in [4.69, 9.17) is 5.21 Å². The second kappa shape index (κ2) is 10.3. The van der Waals surface area contributed by atoms with Gasteiger partial charge in [0.1, 0.15) is 0 Å². The number of carbonyl (C=O) groups is 2. The molecular formula is C26H40N4O5S. The van der Waals surface area contributed by atoms with Crippen LogP contribution >= 0.6 is 0 Å². The molecule has 4 bridgehead atoms. The third-order valence-electron chi connectivity index (χ3n) is 8.17. The molecule has 36 heavy (non-hydrogen) atoms. The van der Waals surface area contributed by atoms with Crippen LogP contribution in [0.4, 0.5) is 10.5 Å². The van der Waals surface area contributed by atoms with E-state index in [1.807, 2.05) is 0 Å². The standard InChI is InChI=1S/C26H40N4O5S/c1-24-13-19-14-25(2,16-24)18-26(15-19,17-24)29-23(32)28-20-8-10-21(11-9-20)36(34,35)27-12-6-4-3-5-7-22(31)30-33/h8-11,19,27,33H,3-7,12-18H2,1-2H3,(H,30,31)(H2,28,29,32). The summed E-state index contributed by atoms with van der Waals surface area (Å²) in [7, 11) is -3.64. The highest BCUT2D eigenvalue weighted by molar-refractivity contribution is 7.89. The van der Waals surface area contributed by atoms with Gasteiger partial charge in [0.05, 0.1) is 4.90 Å². The van der Waals surface area contributed by atoms with Gasteiger partial charge in [-0.3, -0.25) is 10.0 Å². The highest BCUT2D eigenvalue weighted by atomic mass is 32.2. The zero-order valence-corrected chi connectivity index (χ0v) is 22.2. The number of hydrogen-bond acceptors (Lipinski definition) is 5. The molecule has 9 nitrogen and oxygen atoms in total. The Kier molecular flexibility index (Phi) is 7.69. The van der Waals surface area contributed by atoms with Crippen molar-refractivity contribution in [1.29, 1.82) is 0 Å². The summed E-state index contributed by atoms with van der Waals surface area (Å²) in [6.45, 7) is 5.05. The van der Waals surface area contributed by atoms with E-state index in [0.717, 1.165) is 32.1 Å². The topological polar surface area (TPSA) is 137 Å². The fourth-order valence-corrected chi connectivity index (χ4v) is 8.89. The predicted molar refractivity (Wildman–Crippen MR) is 137 cm³/mol. The number of hydroxylamine groups is 1. The predicted octanol–water partition coefficient (Wildman–Crippen LogP) is 4.29. The van der Waals surface area contributed by atoms with Crippen molar-refractivity contribution >= 4 is 27.6 Å². The van der Waals surface area contributed by atoms with Crippen LogP contribution in [-0.4, -0.2) is 37.6 Å². The Morgan fingerprint density at radius 1 is 0.944 bits per heavy atom. The number of amides is 3. The molecule has 0 aromatic heterocycles. The summed E-state index contributed by atoms with van der Waals surface area (Å²) >= 11 is 0. The lowest BCUT2D eigenvalue weighted by molar-refractivity contribution is -0.129. The molecule has 4 fully saturated rings. The molecular weight excluding hydrogens is 480 g/mol. The largest absolute Gasteiger partial charge is 0.332 e. The fraction of sp³-hybridized carbons (Fsp3) is 0.692. The van der Waals surface area contributed by atoms with E-state index in [0.29, 0.717) is 41.8 Å². The van der Waals surface area contributed by atoms with E-state index < -0.39 is 15.9 Å². The van der Waals surface area contributed by atoms with Crippen molar-refractivity contribution in [3.05, 3.63) is 24.3 Å². The van der Waals surface area contributed by atoms with Gasteiger partial charge >= 0.3 is 6.03 Å². The first-order valence-electron chi connectivity index (χ1n) is 13.1. The van der Waals surface area contributed by atoms with Crippen molar-refractivity contribution in [3.63, 3.8) is 0 Å². The molecule has 0 saturated heterocycles. The molecule has 0 radical (unpaired) electrons. The number of sulfonamides is 1. The molecule has 4 aliphatic rings. The van der Waals surface area contributed by atoms with Gasteiger partial charge in [-0.15, -0.1) is 0 Å². The van der Waals surface area contributed by atoms with Crippen LogP contribution in [0.2, 0.25) is 0 Å². The van der Waals surface area contributed by atoms with Crippen LogP contribution in [0.25, 0.3) is 0 Å². The summed E-state index contributed by atoms with van der Waals surface area (Å²) in [6.07, 6.45) is 9.98. The quantitative estimate of drug-likeness (QED) is 0.168. The highest BCUT2D eigenvalue weighted by Crippen LogP contribution is 2.66. The van der Waals surface area contributed by atoms with Gasteiger partial charge in [-0.05, 0) is 92.4 Å². The van der Waals surface area contributed by atoms with Crippen LogP contribution in [0.1, 0.15) is 84.5 Å². The Balaban J connectivity index is 1.24. The number of anilines is 1. The van der Waals surface area contributed by atoms with Gasteiger partial charge in [-0.25, -0.2) is 23.4 Å². The lowest BCUT2D eigenvalue weighted by atomic mass is 9.43. The van der Waals surface area contributed by atoms with Crippen LogP contribution < -0.4 is 20.8 Å².